The number of hydrogen-bond acceptors (Lipinski definition) is 4. The number of nitrogens with one attached hydrogen (secondary N) is 1. The minimum absolute atomic E-state index is 0.126. The molecule has 1 aromatic carbocycles. The van der Waals surface area contributed by atoms with Gasteiger partial charge in [-0.3, -0.25) is 0 Å². The molecule has 108 valence electrons. The Morgan fingerprint density at radius 3 is 2.89 bits per heavy atom. The lowest BCUT2D eigenvalue weighted by atomic mass is 10.2. The molecule has 5 heteroatoms. The molecule has 0 aromatic heterocycles. The molecule has 4 nitrogen and oxygen atoms in total. The van der Waals surface area contributed by atoms with Crippen molar-refractivity contribution in [2.75, 3.05) is 33.5 Å². The summed E-state index contributed by atoms with van der Waals surface area (Å²) in [4.78, 5) is 0. The molecular formula is C14H22BrNO3. The first-order valence-corrected chi connectivity index (χ1v) is 7.19. The molecule has 0 saturated heterocycles. The maximum atomic E-state index is 9.03. The highest BCUT2D eigenvalue weighted by Crippen LogP contribution is 2.29. The van der Waals surface area contributed by atoms with E-state index in [1.807, 2.05) is 25.1 Å². The van der Waals surface area contributed by atoms with Crippen LogP contribution in [-0.4, -0.2) is 38.6 Å². The van der Waals surface area contributed by atoms with Crippen molar-refractivity contribution in [1.29, 1.82) is 0 Å². The lowest BCUT2D eigenvalue weighted by Crippen LogP contribution is -2.20. The summed E-state index contributed by atoms with van der Waals surface area (Å²) in [5, 5.41) is 12.3. The van der Waals surface area contributed by atoms with E-state index in [0.717, 1.165) is 28.9 Å². The largest absolute Gasteiger partial charge is 0.492 e. The van der Waals surface area contributed by atoms with Crippen LogP contribution in [0.4, 0.5) is 0 Å². The predicted octanol–water partition coefficient (Wildman–Crippen LogP) is 2.19. The normalized spacial score (nSPS) is 12.4. The van der Waals surface area contributed by atoms with E-state index >= 15 is 0 Å². The third-order valence-corrected chi connectivity index (χ3v) is 3.30. The van der Waals surface area contributed by atoms with Gasteiger partial charge < -0.3 is 19.9 Å². The predicted molar refractivity (Wildman–Crippen MR) is 79.5 cm³/mol. The third-order valence-electron chi connectivity index (χ3n) is 2.67. The van der Waals surface area contributed by atoms with E-state index in [-0.39, 0.29) is 12.5 Å². The first-order chi connectivity index (χ1) is 9.19. The van der Waals surface area contributed by atoms with E-state index in [1.54, 1.807) is 7.11 Å². The van der Waals surface area contributed by atoms with Crippen LogP contribution in [0.1, 0.15) is 12.5 Å². The topological polar surface area (TPSA) is 50.7 Å². The first kappa shape index (κ1) is 16.4. The van der Waals surface area contributed by atoms with Gasteiger partial charge in [-0.1, -0.05) is 19.1 Å². The van der Waals surface area contributed by atoms with Crippen molar-refractivity contribution in [3.8, 4) is 5.75 Å². The Morgan fingerprint density at radius 2 is 2.21 bits per heavy atom. The van der Waals surface area contributed by atoms with Crippen molar-refractivity contribution in [2.24, 2.45) is 5.92 Å². The molecule has 0 saturated carbocycles. The number of rotatable bonds is 9. The maximum absolute atomic E-state index is 9.03. The van der Waals surface area contributed by atoms with Gasteiger partial charge in [-0.05, 0) is 22.0 Å². The quantitative estimate of drug-likeness (QED) is 0.681. The highest BCUT2D eigenvalue weighted by atomic mass is 79.9. The molecule has 0 aliphatic rings. The van der Waals surface area contributed by atoms with Crippen molar-refractivity contribution in [2.45, 2.75) is 13.5 Å². The molecule has 1 aromatic rings. The molecule has 0 radical (unpaired) electrons. The Morgan fingerprint density at radius 1 is 1.42 bits per heavy atom. The molecule has 19 heavy (non-hydrogen) atoms. The molecule has 1 unspecified atom stereocenters. The SMILES string of the molecule is COCCNCc1cccc(Br)c1OCC(C)CO. The summed E-state index contributed by atoms with van der Waals surface area (Å²) in [5.74, 6) is 0.967. The van der Waals surface area contributed by atoms with Crippen molar-refractivity contribution >= 4 is 15.9 Å². The summed E-state index contributed by atoms with van der Waals surface area (Å²) in [5.41, 5.74) is 1.09. The number of methoxy groups -OCH3 is 1. The molecule has 2 N–H and O–H groups in total. The van der Waals surface area contributed by atoms with Crippen LogP contribution >= 0.6 is 15.9 Å². The molecule has 0 heterocycles. The van der Waals surface area contributed by atoms with Gasteiger partial charge in [0.2, 0.25) is 0 Å². The van der Waals surface area contributed by atoms with E-state index in [4.69, 9.17) is 14.6 Å². The fraction of sp³-hybridized carbons (Fsp3) is 0.571. The second-order valence-corrected chi connectivity index (χ2v) is 5.35. The van der Waals surface area contributed by atoms with Crippen LogP contribution in [0.3, 0.4) is 0 Å². The van der Waals surface area contributed by atoms with E-state index in [0.29, 0.717) is 13.2 Å². The summed E-state index contributed by atoms with van der Waals surface area (Å²) in [6, 6.07) is 5.97. The fourth-order valence-corrected chi connectivity index (χ4v) is 2.05. The lowest BCUT2D eigenvalue weighted by Gasteiger charge is -2.16. The monoisotopic (exact) mass is 331 g/mol. The summed E-state index contributed by atoms with van der Waals surface area (Å²) < 4.78 is 11.7. The van der Waals surface area contributed by atoms with Gasteiger partial charge in [0.05, 0.1) is 17.7 Å². The summed E-state index contributed by atoms with van der Waals surface area (Å²) in [6.07, 6.45) is 0. The zero-order valence-electron chi connectivity index (χ0n) is 11.5. The van der Waals surface area contributed by atoms with Crippen molar-refractivity contribution in [3.63, 3.8) is 0 Å². The third kappa shape index (κ3) is 5.91. The minimum Gasteiger partial charge on any atom is -0.492 e. The van der Waals surface area contributed by atoms with Crippen molar-refractivity contribution in [3.05, 3.63) is 28.2 Å². The molecule has 0 amide bonds. The van der Waals surface area contributed by atoms with Gasteiger partial charge in [0.1, 0.15) is 5.75 Å². The number of halogens is 1. The molecule has 0 bridgehead atoms. The Labute approximate surface area is 123 Å². The Kier molecular flexibility index (Phi) is 8.05. The number of benzene rings is 1. The van der Waals surface area contributed by atoms with Gasteiger partial charge >= 0.3 is 0 Å². The standard InChI is InChI=1S/C14H22BrNO3/c1-11(9-17)10-19-14-12(4-3-5-13(14)15)8-16-6-7-18-2/h3-5,11,16-17H,6-10H2,1-2H3. The number of hydrogen-bond donors (Lipinski definition) is 2. The molecule has 1 atom stereocenters. The molecule has 1 rings (SSSR count). The van der Waals surface area contributed by atoms with E-state index in [2.05, 4.69) is 21.2 Å². The smallest absolute Gasteiger partial charge is 0.137 e. The van der Waals surface area contributed by atoms with Crippen LogP contribution < -0.4 is 10.1 Å². The second-order valence-electron chi connectivity index (χ2n) is 4.50. The van der Waals surface area contributed by atoms with Crippen LogP contribution in [0.15, 0.2) is 22.7 Å². The second kappa shape index (κ2) is 9.31. The van der Waals surface area contributed by atoms with Crippen molar-refractivity contribution < 1.29 is 14.6 Å². The van der Waals surface area contributed by atoms with Crippen LogP contribution in [0.2, 0.25) is 0 Å². The maximum Gasteiger partial charge on any atom is 0.137 e. The molecule has 0 fully saturated rings. The number of ether oxygens (including phenoxy) is 2. The van der Waals surface area contributed by atoms with Crippen LogP contribution in [0.25, 0.3) is 0 Å². The molecule has 0 aliphatic heterocycles. The first-order valence-electron chi connectivity index (χ1n) is 6.39. The average Bonchev–Trinajstić information content (AvgIpc) is 2.42. The Bertz CT molecular complexity index is 374. The van der Waals surface area contributed by atoms with Gasteiger partial charge in [-0.15, -0.1) is 0 Å². The zero-order chi connectivity index (χ0) is 14.1. The molecular weight excluding hydrogens is 310 g/mol. The van der Waals surface area contributed by atoms with Gasteiger partial charge in [-0.25, -0.2) is 0 Å². The van der Waals surface area contributed by atoms with Gasteiger partial charge in [0.15, 0.2) is 0 Å². The van der Waals surface area contributed by atoms with Crippen LogP contribution in [0.5, 0.6) is 5.75 Å². The fourth-order valence-electron chi connectivity index (χ4n) is 1.53. The summed E-state index contributed by atoms with van der Waals surface area (Å²) in [7, 11) is 1.69. The average molecular weight is 332 g/mol. The highest BCUT2D eigenvalue weighted by molar-refractivity contribution is 9.10. The van der Waals surface area contributed by atoms with Gasteiger partial charge in [-0.2, -0.15) is 0 Å². The Balaban J connectivity index is 2.61. The Hall–Kier alpha value is -0.620. The molecule has 0 spiro atoms. The van der Waals surface area contributed by atoms with Crippen molar-refractivity contribution in [1.82, 2.24) is 5.32 Å². The number of para-hydroxylation sites is 1. The van der Waals surface area contributed by atoms with Gasteiger partial charge in [0.25, 0.3) is 0 Å². The highest BCUT2D eigenvalue weighted by Gasteiger charge is 2.09. The minimum atomic E-state index is 0.126. The zero-order valence-corrected chi connectivity index (χ0v) is 13.1. The van der Waals surface area contributed by atoms with E-state index < -0.39 is 0 Å². The van der Waals surface area contributed by atoms with E-state index in [9.17, 15) is 0 Å². The summed E-state index contributed by atoms with van der Waals surface area (Å²) in [6.45, 7) is 4.80. The number of aliphatic hydroxyl groups excluding tert-OH is 1. The number of aliphatic hydroxyl groups is 1. The van der Waals surface area contributed by atoms with Crippen LogP contribution in [-0.2, 0) is 11.3 Å². The van der Waals surface area contributed by atoms with Gasteiger partial charge in [0, 0.05) is 38.3 Å². The van der Waals surface area contributed by atoms with E-state index in [1.165, 1.54) is 0 Å². The summed E-state index contributed by atoms with van der Waals surface area (Å²) >= 11 is 3.50. The molecule has 0 aliphatic carbocycles. The lowest BCUT2D eigenvalue weighted by molar-refractivity contribution is 0.172. The van der Waals surface area contributed by atoms with Crippen LogP contribution in [0, 0.1) is 5.92 Å².